The van der Waals surface area contributed by atoms with Crippen molar-refractivity contribution in [3.8, 4) is 11.5 Å². The van der Waals surface area contributed by atoms with Gasteiger partial charge in [-0.25, -0.2) is 0 Å². The average molecular weight is 287 g/mol. The fourth-order valence-corrected chi connectivity index (χ4v) is 2.15. The molecular weight excluding hydrogens is 270 g/mol. The van der Waals surface area contributed by atoms with E-state index in [1.807, 2.05) is 35.1 Å². The van der Waals surface area contributed by atoms with Gasteiger partial charge in [0.25, 0.3) is 5.91 Å². The van der Waals surface area contributed by atoms with Crippen molar-refractivity contribution in [2.45, 2.75) is 19.1 Å². The van der Waals surface area contributed by atoms with Gasteiger partial charge in [-0.15, -0.1) is 0 Å². The van der Waals surface area contributed by atoms with E-state index in [1.165, 1.54) is 0 Å². The largest absolute Gasteiger partial charge is 0.485 e. The Morgan fingerprint density at radius 1 is 1.33 bits per heavy atom. The second-order valence-electron chi connectivity index (χ2n) is 4.78. The summed E-state index contributed by atoms with van der Waals surface area (Å²) in [4.78, 5) is 12.0. The first-order valence-electron chi connectivity index (χ1n) is 6.96. The summed E-state index contributed by atoms with van der Waals surface area (Å²) < 4.78 is 13.0. The number of nitrogens with one attached hydrogen (secondary N) is 1. The summed E-state index contributed by atoms with van der Waals surface area (Å²) in [6.07, 6.45) is 3.86. The van der Waals surface area contributed by atoms with Gasteiger partial charge in [0, 0.05) is 25.5 Å². The molecule has 110 valence electrons. The zero-order chi connectivity index (χ0) is 14.5. The maximum Gasteiger partial charge on any atom is 0.264 e. The molecule has 0 saturated heterocycles. The van der Waals surface area contributed by atoms with Crippen LogP contribution in [0.15, 0.2) is 42.7 Å². The van der Waals surface area contributed by atoms with E-state index < -0.39 is 6.10 Å². The van der Waals surface area contributed by atoms with Gasteiger partial charge in [0.1, 0.15) is 6.61 Å². The Kier molecular flexibility index (Phi) is 4.04. The molecule has 0 spiro atoms. The highest BCUT2D eigenvalue weighted by Gasteiger charge is 2.26. The zero-order valence-corrected chi connectivity index (χ0v) is 11.6. The summed E-state index contributed by atoms with van der Waals surface area (Å²) in [5.74, 6) is 1.14. The van der Waals surface area contributed by atoms with Gasteiger partial charge in [0.15, 0.2) is 11.5 Å². The van der Waals surface area contributed by atoms with Crippen molar-refractivity contribution in [3.63, 3.8) is 0 Å². The second-order valence-corrected chi connectivity index (χ2v) is 4.78. The number of hydrogen-bond donors (Lipinski definition) is 1. The van der Waals surface area contributed by atoms with Crippen molar-refractivity contribution < 1.29 is 14.3 Å². The monoisotopic (exact) mass is 287 g/mol. The zero-order valence-electron chi connectivity index (χ0n) is 11.6. The third-order valence-electron chi connectivity index (χ3n) is 3.22. The predicted molar refractivity (Wildman–Crippen MR) is 76.2 cm³/mol. The molecule has 2 aromatic rings. The molecule has 1 N–H and O–H groups in total. The minimum absolute atomic E-state index is 0.148. The Hall–Kier alpha value is -2.50. The second kappa shape index (κ2) is 6.30. The Labute approximate surface area is 122 Å². The fourth-order valence-electron chi connectivity index (χ4n) is 2.15. The van der Waals surface area contributed by atoms with Gasteiger partial charge >= 0.3 is 0 Å². The van der Waals surface area contributed by atoms with Gasteiger partial charge in [-0.3, -0.25) is 9.48 Å². The molecule has 1 aliphatic rings. The van der Waals surface area contributed by atoms with Crippen molar-refractivity contribution >= 4 is 5.91 Å². The highest BCUT2D eigenvalue weighted by molar-refractivity contribution is 5.81. The molecule has 0 fully saturated rings. The Morgan fingerprint density at radius 3 is 3.00 bits per heavy atom. The van der Waals surface area contributed by atoms with Crippen LogP contribution in [0.5, 0.6) is 11.5 Å². The number of aromatic nitrogens is 2. The van der Waals surface area contributed by atoms with E-state index in [9.17, 15) is 4.79 Å². The highest BCUT2D eigenvalue weighted by atomic mass is 16.6. The predicted octanol–water partition coefficient (Wildman–Crippen LogP) is 1.23. The number of fused-ring (bicyclic) bond motifs is 1. The van der Waals surface area contributed by atoms with Gasteiger partial charge in [0.2, 0.25) is 6.10 Å². The molecule has 2 heterocycles. The van der Waals surface area contributed by atoms with Crippen LogP contribution in [-0.4, -0.2) is 34.9 Å². The summed E-state index contributed by atoms with van der Waals surface area (Å²) in [5.41, 5.74) is 0. The van der Waals surface area contributed by atoms with E-state index in [1.54, 1.807) is 12.3 Å². The van der Waals surface area contributed by atoms with Crippen LogP contribution in [0.25, 0.3) is 0 Å². The van der Waals surface area contributed by atoms with Gasteiger partial charge in [-0.1, -0.05) is 12.1 Å². The number of para-hydroxylation sites is 2. The lowest BCUT2D eigenvalue weighted by Crippen LogP contribution is -2.44. The molecule has 3 rings (SSSR count). The van der Waals surface area contributed by atoms with Crippen LogP contribution in [-0.2, 0) is 11.3 Å². The minimum atomic E-state index is -0.593. The van der Waals surface area contributed by atoms with Gasteiger partial charge < -0.3 is 14.8 Å². The van der Waals surface area contributed by atoms with E-state index in [-0.39, 0.29) is 12.5 Å². The summed E-state index contributed by atoms with van der Waals surface area (Å²) in [5, 5.41) is 6.97. The molecule has 21 heavy (non-hydrogen) atoms. The van der Waals surface area contributed by atoms with Crippen molar-refractivity contribution in [2.24, 2.45) is 0 Å². The first-order chi connectivity index (χ1) is 10.3. The SMILES string of the molecule is O=C(NCCCn1cccn1)C1COc2ccccc2O1. The average Bonchev–Trinajstić information content (AvgIpc) is 3.04. The maximum absolute atomic E-state index is 12.0. The van der Waals surface area contributed by atoms with E-state index >= 15 is 0 Å². The van der Waals surface area contributed by atoms with Crippen molar-refractivity contribution in [1.82, 2.24) is 15.1 Å². The summed E-state index contributed by atoms with van der Waals surface area (Å²) in [7, 11) is 0. The molecule has 0 aliphatic carbocycles. The smallest absolute Gasteiger partial charge is 0.264 e. The first kappa shape index (κ1) is 13.5. The highest BCUT2D eigenvalue weighted by Crippen LogP contribution is 2.30. The van der Waals surface area contributed by atoms with E-state index in [0.717, 1.165) is 13.0 Å². The molecule has 1 amide bonds. The van der Waals surface area contributed by atoms with Crippen LogP contribution >= 0.6 is 0 Å². The van der Waals surface area contributed by atoms with Crippen molar-refractivity contribution in [1.29, 1.82) is 0 Å². The maximum atomic E-state index is 12.0. The van der Waals surface area contributed by atoms with Crippen LogP contribution in [0.4, 0.5) is 0 Å². The van der Waals surface area contributed by atoms with E-state index in [0.29, 0.717) is 18.0 Å². The number of nitrogens with zero attached hydrogens (tertiary/aromatic N) is 2. The van der Waals surface area contributed by atoms with Gasteiger partial charge in [-0.05, 0) is 24.6 Å². The van der Waals surface area contributed by atoms with Crippen LogP contribution in [0.3, 0.4) is 0 Å². The first-order valence-corrected chi connectivity index (χ1v) is 6.96. The number of aryl methyl sites for hydroxylation is 1. The summed E-state index contributed by atoms with van der Waals surface area (Å²) in [6, 6.07) is 9.23. The lowest BCUT2D eigenvalue weighted by atomic mass is 10.2. The molecule has 0 radical (unpaired) electrons. The Balaban J connectivity index is 1.44. The van der Waals surface area contributed by atoms with Crippen LogP contribution in [0.2, 0.25) is 0 Å². The number of amides is 1. The number of carbonyl (C=O) groups is 1. The molecule has 6 heteroatoms. The molecule has 1 atom stereocenters. The lowest BCUT2D eigenvalue weighted by Gasteiger charge is -2.25. The Morgan fingerprint density at radius 2 is 2.19 bits per heavy atom. The minimum Gasteiger partial charge on any atom is -0.485 e. The normalized spacial score (nSPS) is 16.5. The molecule has 1 aromatic heterocycles. The molecule has 1 aliphatic heterocycles. The number of carbonyl (C=O) groups excluding carboxylic acids is 1. The summed E-state index contributed by atoms with van der Waals surface area (Å²) >= 11 is 0. The van der Waals surface area contributed by atoms with Crippen LogP contribution in [0.1, 0.15) is 6.42 Å². The number of benzene rings is 1. The third-order valence-corrected chi connectivity index (χ3v) is 3.22. The molecule has 0 bridgehead atoms. The van der Waals surface area contributed by atoms with Crippen LogP contribution < -0.4 is 14.8 Å². The number of rotatable bonds is 5. The third kappa shape index (κ3) is 3.34. The van der Waals surface area contributed by atoms with Crippen molar-refractivity contribution in [2.75, 3.05) is 13.2 Å². The number of ether oxygens (including phenoxy) is 2. The quantitative estimate of drug-likeness (QED) is 0.840. The molecule has 0 saturated carbocycles. The van der Waals surface area contributed by atoms with Gasteiger partial charge in [-0.2, -0.15) is 5.10 Å². The van der Waals surface area contributed by atoms with Gasteiger partial charge in [0.05, 0.1) is 0 Å². The molecule has 1 aromatic carbocycles. The van der Waals surface area contributed by atoms with E-state index in [4.69, 9.17) is 9.47 Å². The van der Waals surface area contributed by atoms with Crippen LogP contribution in [0, 0.1) is 0 Å². The fraction of sp³-hybridized carbons (Fsp3) is 0.333. The van der Waals surface area contributed by atoms with E-state index in [2.05, 4.69) is 10.4 Å². The Bertz CT molecular complexity index is 598. The molecular formula is C15H17N3O3. The summed E-state index contributed by atoms with van der Waals surface area (Å²) in [6.45, 7) is 1.60. The standard InChI is InChI=1S/C15H17N3O3/c19-15(16-7-3-9-18-10-4-8-17-18)14-11-20-12-5-1-2-6-13(12)21-14/h1-2,4-6,8,10,14H,3,7,9,11H2,(H,16,19). The molecule has 1 unspecified atom stereocenters. The lowest BCUT2D eigenvalue weighted by molar-refractivity contribution is -0.130. The number of hydrogen-bond acceptors (Lipinski definition) is 4. The topological polar surface area (TPSA) is 65.4 Å². The molecule has 6 nitrogen and oxygen atoms in total. The van der Waals surface area contributed by atoms with Crippen molar-refractivity contribution in [3.05, 3.63) is 42.7 Å².